The van der Waals surface area contributed by atoms with Crippen molar-refractivity contribution in [2.75, 3.05) is 39.3 Å². The molecular weight excluding hydrogens is 395 g/mol. The van der Waals surface area contributed by atoms with Crippen molar-refractivity contribution in [2.45, 2.75) is 23.7 Å². The molecule has 2 saturated heterocycles. The van der Waals surface area contributed by atoms with Crippen molar-refractivity contribution in [1.29, 1.82) is 0 Å². The molecule has 2 aliphatic rings. The third-order valence-corrected chi connectivity index (χ3v) is 6.40. The van der Waals surface area contributed by atoms with E-state index in [2.05, 4.69) is 15.0 Å². The lowest BCUT2D eigenvalue weighted by molar-refractivity contribution is -0.274. The molecule has 11 heteroatoms. The highest BCUT2D eigenvalue weighted by Gasteiger charge is 2.34. The third kappa shape index (κ3) is 5.01. The minimum absolute atomic E-state index is 0. The number of benzene rings is 1. The van der Waals surface area contributed by atoms with Crippen LogP contribution in [0.4, 0.5) is 13.2 Å². The summed E-state index contributed by atoms with van der Waals surface area (Å²) in [6, 6.07) is 4.95. The van der Waals surface area contributed by atoms with Crippen LogP contribution in [0.2, 0.25) is 0 Å². The molecule has 2 fully saturated rings. The number of sulfonamides is 1. The first-order chi connectivity index (χ1) is 11.8. The molecule has 1 unspecified atom stereocenters. The number of piperazine rings is 1. The molecule has 1 N–H and O–H groups in total. The van der Waals surface area contributed by atoms with Gasteiger partial charge in [0, 0.05) is 44.8 Å². The van der Waals surface area contributed by atoms with Crippen LogP contribution in [0.15, 0.2) is 29.2 Å². The van der Waals surface area contributed by atoms with Gasteiger partial charge in [-0.3, -0.25) is 4.90 Å². The van der Waals surface area contributed by atoms with Crippen molar-refractivity contribution in [1.82, 2.24) is 14.5 Å². The number of halogens is 4. The van der Waals surface area contributed by atoms with Gasteiger partial charge in [0.2, 0.25) is 10.0 Å². The molecule has 6 nitrogen and oxygen atoms in total. The Labute approximate surface area is 156 Å². The zero-order valence-electron chi connectivity index (χ0n) is 13.9. The zero-order chi connectivity index (χ0) is 18.1. The summed E-state index contributed by atoms with van der Waals surface area (Å²) in [6.07, 6.45) is -3.81. The van der Waals surface area contributed by atoms with Gasteiger partial charge >= 0.3 is 6.36 Å². The Morgan fingerprint density at radius 1 is 1.15 bits per heavy atom. The van der Waals surface area contributed by atoms with E-state index in [1.165, 1.54) is 16.4 Å². The van der Waals surface area contributed by atoms with Gasteiger partial charge in [0.25, 0.3) is 0 Å². The third-order valence-electron chi connectivity index (χ3n) is 4.50. The first-order valence-electron chi connectivity index (χ1n) is 8.06. The van der Waals surface area contributed by atoms with E-state index in [4.69, 9.17) is 0 Å². The van der Waals surface area contributed by atoms with Crippen molar-refractivity contribution in [3.05, 3.63) is 24.3 Å². The molecule has 26 heavy (non-hydrogen) atoms. The van der Waals surface area contributed by atoms with E-state index in [1.807, 2.05) is 0 Å². The van der Waals surface area contributed by atoms with E-state index in [9.17, 15) is 21.6 Å². The second-order valence-corrected chi connectivity index (χ2v) is 8.05. The lowest BCUT2D eigenvalue weighted by Crippen LogP contribution is -2.52. The molecule has 2 heterocycles. The summed E-state index contributed by atoms with van der Waals surface area (Å²) in [5, 5.41) is 3.28. The Bertz CT molecular complexity index is 704. The smallest absolute Gasteiger partial charge is 0.406 e. The fourth-order valence-electron chi connectivity index (χ4n) is 3.24. The number of hydrogen-bond donors (Lipinski definition) is 1. The van der Waals surface area contributed by atoms with Crippen LogP contribution in [0, 0.1) is 0 Å². The van der Waals surface area contributed by atoms with Gasteiger partial charge in [-0.2, -0.15) is 4.31 Å². The Hall–Kier alpha value is -1.07. The summed E-state index contributed by atoms with van der Waals surface area (Å²) in [7, 11) is -3.84. The number of nitrogens with zero attached hydrogens (tertiary/aromatic N) is 2. The Morgan fingerprint density at radius 2 is 1.85 bits per heavy atom. The van der Waals surface area contributed by atoms with Crippen LogP contribution in [0.25, 0.3) is 0 Å². The Morgan fingerprint density at radius 3 is 2.42 bits per heavy atom. The molecule has 148 valence electrons. The summed E-state index contributed by atoms with van der Waals surface area (Å²) in [6.45, 7) is 3.75. The van der Waals surface area contributed by atoms with E-state index < -0.39 is 22.1 Å². The van der Waals surface area contributed by atoms with Crippen LogP contribution >= 0.6 is 12.4 Å². The van der Waals surface area contributed by atoms with E-state index in [0.29, 0.717) is 32.2 Å². The first kappa shape index (κ1) is 21.2. The molecule has 1 atom stereocenters. The van der Waals surface area contributed by atoms with Crippen LogP contribution in [0.1, 0.15) is 6.42 Å². The van der Waals surface area contributed by atoms with E-state index in [1.54, 1.807) is 0 Å². The second-order valence-electron chi connectivity index (χ2n) is 6.11. The molecule has 0 saturated carbocycles. The molecule has 3 rings (SSSR count). The van der Waals surface area contributed by atoms with Crippen LogP contribution in [-0.4, -0.2) is 69.3 Å². The largest absolute Gasteiger partial charge is 0.573 e. The summed E-state index contributed by atoms with van der Waals surface area (Å²) in [5.41, 5.74) is 0. The fourth-order valence-corrected chi connectivity index (χ4v) is 4.70. The summed E-state index contributed by atoms with van der Waals surface area (Å²) >= 11 is 0. The lowest BCUT2D eigenvalue weighted by atomic mass is 10.2. The fraction of sp³-hybridized carbons (Fsp3) is 0.600. The van der Waals surface area contributed by atoms with Gasteiger partial charge < -0.3 is 10.1 Å². The minimum Gasteiger partial charge on any atom is -0.406 e. The predicted octanol–water partition coefficient (Wildman–Crippen LogP) is 1.68. The average Bonchev–Trinajstić information content (AvgIpc) is 3.08. The number of rotatable bonds is 4. The molecule has 2 aliphatic heterocycles. The van der Waals surface area contributed by atoms with Gasteiger partial charge in [0.1, 0.15) is 5.75 Å². The monoisotopic (exact) mass is 415 g/mol. The van der Waals surface area contributed by atoms with Gasteiger partial charge in [-0.25, -0.2) is 8.42 Å². The van der Waals surface area contributed by atoms with Gasteiger partial charge in [0.05, 0.1) is 4.90 Å². The molecule has 1 aromatic carbocycles. The predicted molar refractivity (Wildman–Crippen MR) is 92.0 cm³/mol. The van der Waals surface area contributed by atoms with Crippen LogP contribution in [0.3, 0.4) is 0 Å². The maximum absolute atomic E-state index is 12.7. The van der Waals surface area contributed by atoms with Gasteiger partial charge in [-0.05, 0) is 25.1 Å². The minimum atomic E-state index is -4.86. The van der Waals surface area contributed by atoms with Crippen molar-refractivity contribution in [3.63, 3.8) is 0 Å². The zero-order valence-corrected chi connectivity index (χ0v) is 15.5. The number of ether oxygens (including phenoxy) is 1. The standard InChI is InChI=1S/C15H20F3N3O3S.ClH/c16-15(17,18)24-13-2-1-3-14(10-13)25(22,23)21-8-6-20(7-9-21)12-4-5-19-11-12;/h1-3,10,12,19H,4-9,11H2;1H. The number of nitrogens with one attached hydrogen (secondary N) is 1. The first-order valence-corrected chi connectivity index (χ1v) is 9.50. The van der Waals surface area contributed by atoms with Gasteiger partial charge in [0.15, 0.2) is 0 Å². The lowest BCUT2D eigenvalue weighted by Gasteiger charge is -2.37. The Balaban J connectivity index is 0.00000243. The van der Waals surface area contributed by atoms with Crippen LogP contribution in [-0.2, 0) is 10.0 Å². The maximum Gasteiger partial charge on any atom is 0.573 e. The maximum atomic E-state index is 12.7. The van der Waals surface area contributed by atoms with Crippen molar-refractivity contribution in [2.24, 2.45) is 0 Å². The van der Waals surface area contributed by atoms with Crippen molar-refractivity contribution < 1.29 is 26.3 Å². The highest BCUT2D eigenvalue weighted by Crippen LogP contribution is 2.27. The van der Waals surface area contributed by atoms with E-state index in [0.717, 1.165) is 31.6 Å². The normalized spacial score (nSPS) is 22.8. The van der Waals surface area contributed by atoms with Crippen molar-refractivity contribution >= 4 is 22.4 Å². The average molecular weight is 416 g/mol. The molecule has 0 aliphatic carbocycles. The molecule has 0 aromatic heterocycles. The second kappa shape index (κ2) is 8.30. The van der Waals surface area contributed by atoms with Crippen LogP contribution in [0.5, 0.6) is 5.75 Å². The molecule has 0 radical (unpaired) electrons. The number of alkyl halides is 3. The molecule has 0 spiro atoms. The molecule has 0 bridgehead atoms. The highest BCUT2D eigenvalue weighted by atomic mass is 35.5. The Kier molecular flexibility index (Phi) is 6.78. The van der Waals surface area contributed by atoms with Crippen molar-refractivity contribution in [3.8, 4) is 5.75 Å². The highest BCUT2D eigenvalue weighted by molar-refractivity contribution is 7.89. The van der Waals surface area contributed by atoms with E-state index in [-0.39, 0.29) is 17.3 Å². The van der Waals surface area contributed by atoms with E-state index >= 15 is 0 Å². The molecule has 1 aromatic rings. The topological polar surface area (TPSA) is 61.9 Å². The summed E-state index contributed by atoms with van der Waals surface area (Å²) < 4.78 is 67.5. The SMILES string of the molecule is Cl.O=S(=O)(c1cccc(OC(F)(F)F)c1)N1CCN(C2CCNC2)CC1. The summed E-state index contributed by atoms with van der Waals surface area (Å²) in [4.78, 5) is 2.07. The van der Waals surface area contributed by atoms with Gasteiger partial charge in [-0.15, -0.1) is 25.6 Å². The molecule has 0 amide bonds. The quantitative estimate of drug-likeness (QED) is 0.810. The molecular formula is C15H21ClF3N3O3S. The number of hydrogen-bond acceptors (Lipinski definition) is 5. The van der Waals surface area contributed by atoms with Gasteiger partial charge in [-0.1, -0.05) is 6.07 Å². The van der Waals surface area contributed by atoms with Crippen LogP contribution < -0.4 is 10.1 Å². The summed E-state index contributed by atoms with van der Waals surface area (Å²) in [5.74, 6) is -0.538.